The second-order valence-corrected chi connectivity index (χ2v) is 9.92. The van der Waals surface area contributed by atoms with Crippen LogP contribution in [0.15, 0.2) is 48.9 Å². The molecule has 3 aliphatic carbocycles. The highest BCUT2D eigenvalue weighted by Gasteiger charge is 2.56. The average Bonchev–Trinajstić information content (AvgIpc) is 3.04. The zero-order valence-electron chi connectivity index (χ0n) is 18.9. The fraction of sp³-hybridized carbons (Fsp3) is 0.500. The van der Waals surface area contributed by atoms with E-state index in [0.717, 1.165) is 18.4 Å². The smallest absolute Gasteiger partial charge is 0.386 e. The van der Waals surface area contributed by atoms with Gasteiger partial charge in [-0.15, -0.1) is 0 Å². The monoisotopic (exact) mass is 448 g/mol. The number of hydrogen-bond donors (Lipinski definition) is 2. The maximum Gasteiger partial charge on any atom is 0.593 e. The second-order valence-electron chi connectivity index (χ2n) is 9.92. The van der Waals surface area contributed by atoms with Gasteiger partial charge in [0.25, 0.3) is 5.91 Å². The zero-order valence-corrected chi connectivity index (χ0v) is 18.9. The minimum atomic E-state index is -0.813. The number of aromatic nitrogens is 2. The first-order valence-corrected chi connectivity index (χ1v) is 11.6. The third-order valence-electron chi connectivity index (χ3n) is 7.68. The maximum absolute atomic E-state index is 13.2. The van der Waals surface area contributed by atoms with Crippen LogP contribution in [0.4, 0.5) is 0 Å². The highest BCUT2D eigenvalue weighted by Crippen LogP contribution is 2.58. The summed E-state index contributed by atoms with van der Waals surface area (Å²) in [5, 5.41) is 5.64. The maximum atomic E-state index is 13.2. The predicted octanol–water partition coefficient (Wildman–Crippen LogP) is 2.16. The molecule has 1 aromatic carbocycles. The summed E-state index contributed by atoms with van der Waals surface area (Å²) in [5.74, 6) is 0.447. The van der Waals surface area contributed by atoms with E-state index >= 15 is 0 Å². The van der Waals surface area contributed by atoms with E-state index in [-0.39, 0.29) is 23.8 Å². The average molecular weight is 448 g/mol. The van der Waals surface area contributed by atoms with Gasteiger partial charge >= 0.3 is 7.25 Å². The van der Waals surface area contributed by atoms with Crippen molar-refractivity contribution in [2.75, 3.05) is 0 Å². The molecule has 3 unspecified atom stereocenters. The molecule has 1 aromatic heterocycles. The summed E-state index contributed by atoms with van der Waals surface area (Å²) < 4.78 is 12.2. The predicted molar refractivity (Wildman–Crippen MR) is 122 cm³/mol. The number of carbonyl (C=O) groups excluding carboxylic acids is 2. The topological polar surface area (TPSA) is 102 Å². The molecule has 1 aliphatic heterocycles. The zero-order chi connectivity index (χ0) is 23.0. The van der Waals surface area contributed by atoms with Crippen LogP contribution in [0.25, 0.3) is 0 Å². The molecule has 33 heavy (non-hydrogen) atoms. The highest BCUT2D eigenvalue weighted by molar-refractivity contribution is 6.46. The number of benzene rings is 1. The number of rotatable bonds is 6. The first-order valence-electron chi connectivity index (χ1n) is 11.6. The van der Waals surface area contributed by atoms with E-state index in [4.69, 9.17) is 9.31 Å². The Morgan fingerprint density at radius 1 is 1.09 bits per heavy atom. The fourth-order valence-corrected chi connectivity index (χ4v) is 5.42. The molecule has 3 saturated carbocycles. The van der Waals surface area contributed by atoms with Gasteiger partial charge in [0.15, 0.2) is 0 Å². The summed E-state index contributed by atoms with van der Waals surface area (Å²) in [6.07, 6.45) is 7.77. The number of nitrogens with zero attached hydrogens (tertiary/aromatic N) is 2. The van der Waals surface area contributed by atoms with E-state index in [1.165, 1.54) is 25.0 Å². The van der Waals surface area contributed by atoms with Gasteiger partial charge < -0.3 is 19.9 Å². The molecule has 2 amide bonds. The van der Waals surface area contributed by atoms with Crippen LogP contribution in [0.5, 0.6) is 0 Å². The fourth-order valence-electron chi connectivity index (χ4n) is 5.42. The molecule has 0 spiro atoms. The van der Waals surface area contributed by atoms with E-state index in [1.807, 2.05) is 30.3 Å². The Bertz CT molecular complexity index is 984. The van der Waals surface area contributed by atoms with Gasteiger partial charge in [0, 0.05) is 18.8 Å². The third-order valence-corrected chi connectivity index (χ3v) is 7.68. The van der Waals surface area contributed by atoms with Crippen molar-refractivity contribution in [2.24, 2.45) is 17.3 Å². The molecule has 9 heteroatoms. The summed E-state index contributed by atoms with van der Waals surface area (Å²) in [7, 11) is -0.806. The quantitative estimate of drug-likeness (QED) is 0.657. The molecule has 2 bridgehead atoms. The van der Waals surface area contributed by atoms with Crippen molar-refractivity contribution in [3.63, 3.8) is 0 Å². The van der Waals surface area contributed by atoms with Gasteiger partial charge in [-0.25, -0.2) is 4.98 Å². The second kappa shape index (κ2) is 8.87. The molecule has 0 radical (unpaired) electrons. The summed E-state index contributed by atoms with van der Waals surface area (Å²) in [6, 6.07) is 8.74. The van der Waals surface area contributed by atoms with Crippen LogP contribution >= 0.6 is 0 Å². The number of amides is 2. The minimum Gasteiger partial charge on any atom is -0.386 e. The Hall–Kier alpha value is -2.78. The van der Waals surface area contributed by atoms with E-state index in [0.29, 0.717) is 23.7 Å². The van der Waals surface area contributed by atoms with Crippen LogP contribution in [0.3, 0.4) is 0 Å². The van der Waals surface area contributed by atoms with Crippen molar-refractivity contribution in [1.29, 1.82) is 0 Å². The van der Waals surface area contributed by atoms with Crippen LogP contribution in [-0.2, 0) is 20.5 Å². The summed E-state index contributed by atoms with van der Waals surface area (Å²) in [6.45, 7) is 4.67. The van der Waals surface area contributed by atoms with Gasteiger partial charge in [-0.3, -0.25) is 14.6 Å². The Kier molecular flexibility index (Phi) is 5.93. The Labute approximate surface area is 194 Å². The molecule has 4 aliphatic rings. The lowest BCUT2D eigenvalue weighted by Gasteiger charge is -2.51. The molecule has 6 rings (SSSR count). The molecule has 2 N–H and O–H groups in total. The van der Waals surface area contributed by atoms with Crippen molar-refractivity contribution >= 4 is 19.1 Å². The Morgan fingerprint density at radius 2 is 1.79 bits per heavy atom. The molecule has 2 heterocycles. The molecule has 4 fully saturated rings. The van der Waals surface area contributed by atoms with Gasteiger partial charge in [0.1, 0.15) is 11.7 Å². The Morgan fingerprint density at radius 3 is 2.39 bits per heavy atom. The van der Waals surface area contributed by atoms with Gasteiger partial charge in [-0.05, 0) is 42.1 Å². The SMILES string of the molecule is CC1(C)C2CC3OB(NC(=O)[C@H](Cc4ccccc4)NC(=O)c4cnccn4)O[C@H]3CC1C2. The van der Waals surface area contributed by atoms with E-state index < -0.39 is 19.2 Å². The van der Waals surface area contributed by atoms with Crippen LogP contribution < -0.4 is 10.5 Å². The standard InChI is InChI=1S/C24H29BN4O4/c1-24(2)16-11-17(24)13-21-20(12-16)32-25(33-21)29-23(31)18(10-15-6-4-3-5-7-15)28-22(30)19-14-26-8-9-27-19/h3-9,14,16-18,20-21H,10-13H2,1-2H3,(H,28,30)(H,29,31)/t16?,17?,18-,20-,21?/m0/s1. The lowest BCUT2D eigenvalue weighted by molar-refractivity contribution is -0.121. The molecular formula is C24H29BN4O4. The number of carbonyl (C=O) groups is 2. The molecule has 2 aromatic rings. The largest absolute Gasteiger partial charge is 0.593 e. The molecule has 1 saturated heterocycles. The van der Waals surface area contributed by atoms with Crippen molar-refractivity contribution in [2.45, 2.75) is 57.8 Å². The van der Waals surface area contributed by atoms with Gasteiger partial charge in [0.05, 0.1) is 18.4 Å². The first-order chi connectivity index (χ1) is 15.9. The molecule has 5 atom stereocenters. The van der Waals surface area contributed by atoms with Gasteiger partial charge in [-0.2, -0.15) is 0 Å². The first kappa shape index (κ1) is 22.0. The summed E-state index contributed by atoms with van der Waals surface area (Å²) >= 11 is 0. The lowest BCUT2D eigenvalue weighted by atomic mass is 9.54. The normalized spacial score (nSPS) is 28.1. The number of nitrogens with one attached hydrogen (secondary N) is 2. The van der Waals surface area contributed by atoms with Crippen LogP contribution in [-0.4, -0.2) is 47.3 Å². The molecule has 172 valence electrons. The van der Waals surface area contributed by atoms with Crippen molar-refractivity contribution in [3.05, 3.63) is 60.2 Å². The van der Waals surface area contributed by atoms with Gasteiger partial charge in [0.2, 0.25) is 5.91 Å². The number of hydrogen-bond acceptors (Lipinski definition) is 6. The molecule has 8 nitrogen and oxygen atoms in total. The lowest BCUT2D eigenvalue weighted by Crippen LogP contribution is -2.53. The van der Waals surface area contributed by atoms with Crippen molar-refractivity contribution in [1.82, 2.24) is 20.5 Å². The Balaban J connectivity index is 1.25. The third kappa shape index (κ3) is 4.52. The van der Waals surface area contributed by atoms with E-state index in [9.17, 15) is 9.59 Å². The summed E-state index contributed by atoms with van der Waals surface area (Å²) in [5.41, 5.74) is 1.42. The minimum absolute atomic E-state index is 0.00571. The van der Waals surface area contributed by atoms with Crippen molar-refractivity contribution < 1.29 is 18.9 Å². The molecular weight excluding hydrogens is 419 g/mol. The van der Waals surface area contributed by atoms with Crippen LogP contribution in [0, 0.1) is 17.3 Å². The van der Waals surface area contributed by atoms with Gasteiger partial charge in [-0.1, -0.05) is 44.2 Å². The van der Waals surface area contributed by atoms with Crippen molar-refractivity contribution in [3.8, 4) is 0 Å². The highest BCUT2D eigenvalue weighted by atomic mass is 16.7. The van der Waals surface area contributed by atoms with E-state index in [1.54, 1.807) is 0 Å². The summed E-state index contributed by atoms with van der Waals surface area (Å²) in [4.78, 5) is 33.8. The van der Waals surface area contributed by atoms with Crippen LogP contribution in [0.2, 0.25) is 0 Å². The van der Waals surface area contributed by atoms with Crippen LogP contribution in [0.1, 0.15) is 49.2 Å². The van der Waals surface area contributed by atoms with E-state index in [2.05, 4.69) is 34.4 Å².